The molecule has 0 aliphatic carbocycles. The summed E-state index contributed by atoms with van der Waals surface area (Å²) in [7, 11) is 1.66. The first kappa shape index (κ1) is 23.5. The SMILES string of the molecule is CCNC(=NCC(c1cccc(F)c1)N1CCOCC1)NCCCOCCOC. The third kappa shape index (κ3) is 9.08. The topological polar surface area (TPSA) is 67.4 Å². The quantitative estimate of drug-likeness (QED) is 0.311. The van der Waals surface area contributed by atoms with Gasteiger partial charge in [0.15, 0.2) is 5.96 Å². The molecule has 0 radical (unpaired) electrons. The molecule has 29 heavy (non-hydrogen) atoms. The minimum absolute atomic E-state index is 0.0161. The Kier molecular flexibility index (Phi) is 11.6. The molecule has 1 heterocycles. The van der Waals surface area contributed by atoms with E-state index in [1.807, 2.05) is 13.0 Å². The minimum Gasteiger partial charge on any atom is -0.382 e. The molecule has 1 saturated heterocycles. The van der Waals surface area contributed by atoms with Crippen molar-refractivity contribution in [3.63, 3.8) is 0 Å². The second-order valence-corrected chi connectivity index (χ2v) is 6.82. The Morgan fingerprint density at radius 2 is 2.07 bits per heavy atom. The number of ether oxygens (including phenoxy) is 3. The lowest BCUT2D eigenvalue weighted by atomic mass is 10.0. The number of aliphatic imine (C=N–C) groups is 1. The number of nitrogens with zero attached hydrogens (tertiary/aromatic N) is 2. The smallest absolute Gasteiger partial charge is 0.191 e. The molecule has 2 rings (SSSR count). The standard InChI is InChI=1S/C21H35FN4O3/c1-3-23-21(24-8-5-11-28-15-14-27-2)25-17-20(26-9-12-29-13-10-26)18-6-4-7-19(22)16-18/h4,6-7,16,20H,3,5,8-15,17H2,1-2H3,(H2,23,24,25). The Morgan fingerprint density at radius 1 is 1.24 bits per heavy atom. The van der Waals surface area contributed by atoms with E-state index in [1.54, 1.807) is 19.2 Å². The van der Waals surface area contributed by atoms with Gasteiger partial charge in [-0.1, -0.05) is 12.1 Å². The number of methoxy groups -OCH3 is 1. The molecule has 0 amide bonds. The zero-order chi connectivity index (χ0) is 20.7. The molecule has 1 aliphatic rings. The normalized spacial score (nSPS) is 16.6. The third-order valence-electron chi connectivity index (χ3n) is 4.68. The van der Waals surface area contributed by atoms with Gasteiger partial charge in [0, 0.05) is 39.9 Å². The van der Waals surface area contributed by atoms with E-state index in [0.29, 0.717) is 39.6 Å². The van der Waals surface area contributed by atoms with Gasteiger partial charge in [0.05, 0.1) is 39.0 Å². The van der Waals surface area contributed by atoms with Crippen LogP contribution >= 0.6 is 0 Å². The van der Waals surface area contributed by atoms with Crippen molar-refractivity contribution in [3.05, 3.63) is 35.6 Å². The maximum absolute atomic E-state index is 13.8. The molecule has 164 valence electrons. The van der Waals surface area contributed by atoms with Gasteiger partial charge in [0.1, 0.15) is 5.82 Å². The lowest BCUT2D eigenvalue weighted by molar-refractivity contribution is 0.0179. The highest BCUT2D eigenvalue weighted by atomic mass is 19.1. The van der Waals surface area contributed by atoms with Gasteiger partial charge in [0.2, 0.25) is 0 Å². The van der Waals surface area contributed by atoms with Crippen molar-refractivity contribution >= 4 is 5.96 Å². The molecule has 0 saturated carbocycles. The van der Waals surface area contributed by atoms with Crippen molar-refractivity contribution in [1.82, 2.24) is 15.5 Å². The van der Waals surface area contributed by atoms with E-state index < -0.39 is 0 Å². The van der Waals surface area contributed by atoms with Crippen molar-refractivity contribution in [3.8, 4) is 0 Å². The molecular formula is C21H35FN4O3. The summed E-state index contributed by atoms with van der Waals surface area (Å²) < 4.78 is 29.7. The highest BCUT2D eigenvalue weighted by molar-refractivity contribution is 5.79. The number of halogens is 1. The van der Waals surface area contributed by atoms with E-state index in [4.69, 9.17) is 19.2 Å². The first-order chi connectivity index (χ1) is 14.2. The number of morpholine rings is 1. The van der Waals surface area contributed by atoms with Gasteiger partial charge >= 0.3 is 0 Å². The molecule has 0 spiro atoms. The van der Waals surface area contributed by atoms with Crippen LogP contribution in [0.15, 0.2) is 29.3 Å². The van der Waals surface area contributed by atoms with Gasteiger partial charge in [-0.25, -0.2) is 4.39 Å². The van der Waals surface area contributed by atoms with Crippen LogP contribution in [0.5, 0.6) is 0 Å². The third-order valence-corrected chi connectivity index (χ3v) is 4.68. The molecule has 1 atom stereocenters. The fraction of sp³-hybridized carbons (Fsp3) is 0.667. The molecule has 1 aromatic rings. The number of hydrogen-bond donors (Lipinski definition) is 2. The summed E-state index contributed by atoms with van der Waals surface area (Å²) in [6.45, 7) is 9.04. The molecule has 1 aliphatic heterocycles. The van der Waals surface area contributed by atoms with Gasteiger partial charge < -0.3 is 24.8 Å². The van der Waals surface area contributed by atoms with E-state index >= 15 is 0 Å². The molecule has 2 N–H and O–H groups in total. The maximum Gasteiger partial charge on any atom is 0.191 e. The molecular weight excluding hydrogens is 375 g/mol. The van der Waals surface area contributed by atoms with Crippen LogP contribution < -0.4 is 10.6 Å². The first-order valence-electron chi connectivity index (χ1n) is 10.4. The first-order valence-corrected chi connectivity index (χ1v) is 10.4. The van der Waals surface area contributed by atoms with E-state index in [1.165, 1.54) is 6.07 Å². The molecule has 0 bridgehead atoms. The van der Waals surface area contributed by atoms with Crippen LogP contribution in [-0.4, -0.2) is 83.7 Å². The summed E-state index contributed by atoms with van der Waals surface area (Å²) in [6.07, 6.45) is 0.880. The van der Waals surface area contributed by atoms with E-state index in [9.17, 15) is 4.39 Å². The summed E-state index contributed by atoms with van der Waals surface area (Å²) in [4.78, 5) is 7.09. The van der Waals surface area contributed by atoms with Gasteiger partial charge in [-0.15, -0.1) is 0 Å². The summed E-state index contributed by atoms with van der Waals surface area (Å²) in [6, 6.07) is 6.82. The fourth-order valence-corrected chi connectivity index (χ4v) is 3.18. The average Bonchev–Trinajstić information content (AvgIpc) is 2.74. The Bertz CT molecular complexity index is 597. The summed E-state index contributed by atoms with van der Waals surface area (Å²) in [5.74, 6) is 0.544. The van der Waals surface area contributed by atoms with Crippen molar-refractivity contribution in [1.29, 1.82) is 0 Å². The number of hydrogen-bond acceptors (Lipinski definition) is 5. The maximum atomic E-state index is 13.8. The summed E-state index contributed by atoms with van der Waals surface area (Å²) in [5.41, 5.74) is 0.943. The summed E-state index contributed by atoms with van der Waals surface area (Å²) in [5, 5.41) is 6.62. The van der Waals surface area contributed by atoms with Crippen molar-refractivity contribution < 1.29 is 18.6 Å². The fourth-order valence-electron chi connectivity index (χ4n) is 3.18. The molecule has 1 fully saturated rings. The predicted octanol–water partition coefficient (Wildman–Crippen LogP) is 1.81. The van der Waals surface area contributed by atoms with Crippen molar-refractivity contribution in [2.75, 3.05) is 72.9 Å². The molecule has 8 heteroatoms. The number of rotatable bonds is 12. The average molecular weight is 411 g/mol. The van der Waals surface area contributed by atoms with E-state index in [0.717, 1.165) is 44.1 Å². The van der Waals surface area contributed by atoms with Gasteiger partial charge in [-0.05, 0) is 31.0 Å². The van der Waals surface area contributed by atoms with Crippen molar-refractivity contribution in [2.45, 2.75) is 19.4 Å². The Hall–Kier alpha value is -1.74. The van der Waals surface area contributed by atoms with Crippen LogP contribution in [-0.2, 0) is 14.2 Å². The number of benzene rings is 1. The Labute approximate surface area is 173 Å². The van der Waals surface area contributed by atoms with Crippen molar-refractivity contribution in [2.24, 2.45) is 4.99 Å². The van der Waals surface area contributed by atoms with Crippen LogP contribution in [0.2, 0.25) is 0 Å². The van der Waals surface area contributed by atoms with Gasteiger partial charge in [-0.2, -0.15) is 0 Å². The number of guanidine groups is 1. The largest absolute Gasteiger partial charge is 0.382 e. The molecule has 0 aromatic heterocycles. The lowest BCUT2D eigenvalue weighted by Crippen LogP contribution is -2.42. The van der Waals surface area contributed by atoms with Crippen LogP contribution in [0.3, 0.4) is 0 Å². The Balaban J connectivity index is 1.94. The lowest BCUT2D eigenvalue weighted by Gasteiger charge is -2.34. The highest BCUT2D eigenvalue weighted by Crippen LogP contribution is 2.23. The predicted molar refractivity (Wildman–Crippen MR) is 113 cm³/mol. The van der Waals surface area contributed by atoms with E-state index in [2.05, 4.69) is 15.5 Å². The van der Waals surface area contributed by atoms with E-state index in [-0.39, 0.29) is 11.9 Å². The summed E-state index contributed by atoms with van der Waals surface area (Å²) >= 11 is 0. The monoisotopic (exact) mass is 410 g/mol. The Morgan fingerprint density at radius 3 is 2.79 bits per heavy atom. The van der Waals surface area contributed by atoms with Crippen LogP contribution in [0, 0.1) is 5.82 Å². The second-order valence-electron chi connectivity index (χ2n) is 6.82. The highest BCUT2D eigenvalue weighted by Gasteiger charge is 2.23. The van der Waals surface area contributed by atoms with Gasteiger partial charge in [0.25, 0.3) is 0 Å². The van der Waals surface area contributed by atoms with Gasteiger partial charge in [-0.3, -0.25) is 9.89 Å². The number of nitrogens with one attached hydrogen (secondary N) is 2. The van der Waals surface area contributed by atoms with Crippen LogP contribution in [0.25, 0.3) is 0 Å². The zero-order valence-corrected chi connectivity index (χ0v) is 17.7. The molecule has 1 unspecified atom stereocenters. The molecule has 7 nitrogen and oxygen atoms in total. The minimum atomic E-state index is -0.219. The zero-order valence-electron chi connectivity index (χ0n) is 17.7. The van der Waals surface area contributed by atoms with Crippen LogP contribution in [0.1, 0.15) is 24.9 Å². The second kappa shape index (κ2) is 14.3. The molecule has 1 aromatic carbocycles. The van der Waals surface area contributed by atoms with Crippen LogP contribution in [0.4, 0.5) is 4.39 Å².